The predicted octanol–water partition coefficient (Wildman–Crippen LogP) is 0.418. The van der Waals surface area contributed by atoms with E-state index in [0.717, 1.165) is 11.3 Å². The molecule has 0 aliphatic rings. The first-order valence-electron chi connectivity index (χ1n) is 5.41. The van der Waals surface area contributed by atoms with Crippen molar-refractivity contribution >= 4 is 0 Å². The van der Waals surface area contributed by atoms with Crippen LogP contribution in [0.15, 0.2) is 41.5 Å². The molecule has 0 spiro atoms. The van der Waals surface area contributed by atoms with Crippen LogP contribution in [0.2, 0.25) is 0 Å². The first-order valence-corrected chi connectivity index (χ1v) is 5.41. The van der Waals surface area contributed by atoms with E-state index in [0.29, 0.717) is 6.54 Å². The van der Waals surface area contributed by atoms with Gasteiger partial charge in [0.1, 0.15) is 0 Å². The Labute approximate surface area is 98.7 Å². The average molecular weight is 233 g/mol. The number of nitrogens with zero attached hydrogens (tertiary/aromatic N) is 1. The molecule has 17 heavy (non-hydrogen) atoms. The molecular formula is C12H15N3O2. The van der Waals surface area contributed by atoms with Crippen LogP contribution in [0.25, 0.3) is 5.69 Å². The van der Waals surface area contributed by atoms with E-state index < -0.39 is 6.10 Å². The second-order valence-corrected chi connectivity index (χ2v) is 3.80. The standard InChI is InChI=1S/C12H15N3O2/c1-13-8-11(16)9-3-2-4-10(7-9)15-6-5-14-12(15)17/h2-7,11,13,16H,8H2,1H3,(H,14,17). The number of H-pyrrole nitrogens is 1. The van der Waals surface area contributed by atoms with Gasteiger partial charge in [-0.15, -0.1) is 0 Å². The van der Waals surface area contributed by atoms with Gasteiger partial charge < -0.3 is 15.4 Å². The summed E-state index contributed by atoms with van der Waals surface area (Å²) < 4.78 is 1.50. The number of likely N-dealkylation sites (N-methyl/N-ethyl adjacent to an activating group) is 1. The molecule has 0 bridgehead atoms. The first kappa shape index (κ1) is 11.6. The smallest absolute Gasteiger partial charge is 0.330 e. The van der Waals surface area contributed by atoms with E-state index in [-0.39, 0.29) is 5.69 Å². The Kier molecular flexibility index (Phi) is 3.41. The minimum Gasteiger partial charge on any atom is -0.387 e. The van der Waals surface area contributed by atoms with Crippen molar-refractivity contribution in [2.45, 2.75) is 6.10 Å². The normalized spacial score (nSPS) is 12.6. The highest BCUT2D eigenvalue weighted by Crippen LogP contribution is 2.15. The summed E-state index contributed by atoms with van der Waals surface area (Å²) in [4.78, 5) is 14.0. The van der Waals surface area contributed by atoms with Crippen LogP contribution in [0.1, 0.15) is 11.7 Å². The zero-order valence-corrected chi connectivity index (χ0v) is 9.55. The molecule has 0 aliphatic heterocycles. The molecule has 0 aliphatic carbocycles. The fourth-order valence-corrected chi connectivity index (χ4v) is 1.72. The van der Waals surface area contributed by atoms with E-state index in [4.69, 9.17) is 0 Å². The molecule has 1 unspecified atom stereocenters. The molecule has 0 saturated carbocycles. The number of hydrogen-bond donors (Lipinski definition) is 3. The highest BCUT2D eigenvalue weighted by molar-refractivity contribution is 5.36. The Bertz CT molecular complexity index is 544. The van der Waals surface area contributed by atoms with Crippen LogP contribution in [0.3, 0.4) is 0 Å². The predicted molar refractivity (Wildman–Crippen MR) is 65.3 cm³/mol. The van der Waals surface area contributed by atoms with Gasteiger partial charge in [0, 0.05) is 18.9 Å². The van der Waals surface area contributed by atoms with Gasteiger partial charge in [0.15, 0.2) is 0 Å². The largest absolute Gasteiger partial charge is 0.387 e. The van der Waals surface area contributed by atoms with Crippen molar-refractivity contribution in [3.63, 3.8) is 0 Å². The summed E-state index contributed by atoms with van der Waals surface area (Å²) >= 11 is 0. The maximum absolute atomic E-state index is 11.5. The Morgan fingerprint density at radius 2 is 2.35 bits per heavy atom. The summed E-state index contributed by atoms with van der Waals surface area (Å²) in [7, 11) is 1.78. The number of aromatic amines is 1. The van der Waals surface area contributed by atoms with Gasteiger partial charge in [-0.3, -0.25) is 4.57 Å². The number of aliphatic hydroxyl groups is 1. The van der Waals surface area contributed by atoms with Gasteiger partial charge in [0.2, 0.25) is 0 Å². The van der Waals surface area contributed by atoms with E-state index in [1.165, 1.54) is 4.57 Å². The van der Waals surface area contributed by atoms with E-state index in [2.05, 4.69) is 10.3 Å². The fraction of sp³-hybridized carbons (Fsp3) is 0.250. The van der Waals surface area contributed by atoms with Crippen LogP contribution in [0.4, 0.5) is 0 Å². The highest BCUT2D eigenvalue weighted by Gasteiger charge is 2.08. The van der Waals surface area contributed by atoms with Crippen LogP contribution in [0, 0.1) is 0 Å². The maximum atomic E-state index is 11.5. The Morgan fingerprint density at radius 3 is 3.00 bits per heavy atom. The van der Waals surface area contributed by atoms with Gasteiger partial charge in [-0.2, -0.15) is 0 Å². The molecule has 1 aromatic carbocycles. The molecule has 2 aromatic rings. The maximum Gasteiger partial charge on any atom is 0.330 e. The lowest BCUT2D eigenvalue weighted by Crippen LogP contribution is -2.18. The molecular weight excluding hydrogens is 218 g/mol. The van der Waals surface area contributed by atoms with Crippen molar-refractivity contribution in [1.82, 2.24) is 14.9 Å². The molecule has 5 nitrogen and oxygen atoms in total. The van der Waals surface area contributed by atoms with E-state index in [1.54, 1.807) is 25.5 Å². The number of rotatable bonds is 4. The molecule has 5 heteroatoms. The second-order valence-electron chi connectivity index (χ2n) is 3.80. The molecule has 3 N–H and O–H groups in total. The lowest BCUT2D eigenvalue weighted by Gasteiger charge is -2.11. The summed E-state index contributed by atoms with van der Waals surface area (Å²) in [5, 5.41) is 12.8. The van der Waals surface area contributed by atoms with Crippen LogP contribution in [-0.4, -0.2) is 28.3 Å². The van der Waals surface area contributed by atoms with Gasteiger partial charge in [0.05, 0.1) is 11.8 Å². The number of nitrogens with one attached hydrogen (secondary N) is 2. The molecule has 1 aromatic heterocycles. The van der Waals surface area contributed by atoms with Gasteiger partial charge in [-0.1, -0.05) is 12.1 Å². The van der Waals surface area contributed by atoms with Gasteiger partial charge >= 0.3 is 5.69 Å². The minimum atomic E-state index is -0.574. The highest BCUT2D eigenvalue weighted by atomic mass is 16.3. The van der Waals surface area contributed by atoms with Crippen LogP contribution < -0.4 is 11.0 Å². The Morgan fingerprint density at radius 1 is 1.53 bits per heavy atom. The monoisotopic (exact) mass is 233 g/mol. The number of hydrogen-bond acceptors (Lipinski definition) is 3. The average Bonchev–Trinajstić information content (AvgIpc) is 2.76. The number of imidazole rings is 1. The van der Waals surface area contributed by atoms with Crippen molar-refractivity contribution in [2.75, 3.05) is 13.6 Å². The van der Waals surface area contributed by atoms with Crippen molar-refractivity contribution < 1.29 is 5.11 Å². The molecule has 0 saturated heterocycles. The zero-order chi connectivity index (χ0) is 12.3. The minimum absolute atomic E-state index is 0.190. The van der Waals surface area contributed by atoms with Crippen molar-refractivity contribution in [3.05, 3.63) is 52.7 Å². The van der Waals surface area contributed by atoms with Crippen LogP contribution in [0.5, 0.6) is 0 Å². The van der Waals surface area contributed by atoms with E-state index >= 15 is 0 Å². The van der Waals surface area contributed by atoms with E-state index in [9.17, 15) is 9.90 Å². The molecule has 90 valence electrons. The second kappa shape index (κ2) is 4.99. The fourth-order valence-electron chi connectivity index (χ4n) is 1.72. The Hall–Kier alpha value is -1.85. The molecule has 0 radical (unpaired) electrons. The summed E-state index contributed by atoms with van der Waals surface area (Å²) in [6, 6.07) is 7.29. The molecule has 1 atom stereocenters. The molecule has 2 rings (SSSR count). The first-order chi connectivity index (χ1) is 8.22. The third-order valence-electron chi connectivity index (χ3n) is 2.58. The summed E-state index contributed by atoms with van der Waals surface area (Å²) in [6.07, 6.45) is 2.67. The molecule has 0 fully saturated rings. The van der Waals surface area contributed by atoms with Crippen molar-refractivity contribution in [2.24, 2.45) is 0 Å². The van der Waals surface area contributed by atoms with E-state index in [1.807, 2.05) is 18.2 Å². The number of aromatic nitrogens is 2. The quantitative estimate of drug-likeness (QED) is 0.716. The zero-order valence-electron chi connectivity index (χ0n) is 9.55. The SMILES string of the molecule is CNCC(O)c1cccc(-n2cc[nH]c2=O)c1. The summed E-state index contributed by atoms with van der Waals surface area (Å²) in [5.41, 5.74) is 1.33. The van der Waals surface area contributed by atoms with Gasteiger partial charge in [-0.05, 0) is 24.7 Å². The summed E-state index contributed by atoms with van der Waals surface area (Å²) in [5.74, 6) is 0. The lowest BCUT2D eigenvalue weighted by atomic mass is 10.1. The van der Waals surface area contributed by atoms with Crippen LogP contribution in [-0.2, 0) is 0 Å². The third-order valence-corrected chi connectivity index (χ3v) is 2.58. The van der Waals surface area contributed by atoms with Crippen LogP contribution >= 0.6 is 0 Å². The van der Waals surface area contributed by atoms with Crippen molar-refractivity contribution in [3.8, 4) is 5.69 Å². The van der Waals surface area contributed by atoms with Gasteiger partial charge in [0.25, 0.3) is 0 Å². The number of benzene rings is 1. The van der Waals surface area contributed by atoms with Crippen molar-refractivity contribution in [1.29, 1.82) is 0 Å². The topological polar surface area (TPSA) is 70.0 Å². The molecule has 1 heterocycles. The Balaban J connectivity index is 2.35. The lowest BCUT2D eigenvalue weighted by molar-refractivity contribution is 0.178. The summed E-state index contributed by atoms with van der Waals surface area (Å²) in [6.45, 7) is 0.478. The van der Waals surface area contributed by atoms with Gasteiger partial charge in [-0.25, -0.2) is 4.79 Å². The number of aliphatic hydroxyl groups excluding tert-OH is 1. The molecule has 0 amide bonds. The third kappa shape index (κ3) is 2.46.